The summed E-state index contributed by atoms with van der Waals surface area (Å²) >= 11 is 0. The molecule has 0 unspecified atom stereocenters. The number of hydrogen-bond acceptors (Lipinski definition) is 2. The van der Waals surface area contributed by atoms with Crippen molar-refractivity contribution in [2.75, 3.05) is 6.54 Å². The normalized spacial score (nSPS) is 11.2. The molecule has 34 heavy (non-hydrogen) atoms. The molecule has 0 bridgehead atoms. The summed E-state index contributed by atoms with van der Waals surface area (Å²) in [6.07, 6.45) is 38.6. The van der Waals surface area contributed by atoms with Crippen molar-refractivity contribution in [1.29, 1.82) is 5.41 Å². The van der Waals surface area contributed by atoms with Crippen molar-refractivity contribution in [3.8, 4) is 0 Å². The molecular weight excluding hydrogens is 416 g/mol. The first kappa shape index (κ1) is 33.2. The Labute approximate surface area is 214 Å². The Morgan fingerprint density at radius 3 is 0.912 bits per heavy atom. The molecule has 0 aliphatic carbocycles. The van der Waals surface area contributed by atoms with Crippen LogP contribution >= 0.6 is 0 Å². The summed E-state index contributed by atoms with van der Waals surface area (Å²) in [6, 6.07) is 0. The van der Waals surface area contributed by atoms with Crippen LogP contribution in [0.4, 0.5) is 0 Å². The van der Waals surface area contributed by atoms with Crippen molar-refractivity contribution in [2.24, 2.45) is 5.73 Å². The van der Waals surface area contributed by atoms with Gasteiger partial charge in [0, 0.05) is 6.54 Å². The SMILES string of the molecule is CCCCCCCCCCCCCCCCCCCCCCCCCCCCCNNC(=N)N. The molecule has 4 heteroatoms. The maximum atomic E-state index is 7.05. The van der Waals surface area contributed by atoms with Crippen LogP contribution in [-0.2, 0) is 0 Å². The molecule has 0 aromatic heterocycles. The fourth-order valence-corrected chi connectivity index (χ4v) is 4.86. The third-order valence-electron chi connectivity index (χ3n) is 7.13. The highest BCUT2D eigenvalue weighted by molar-refractivity contribution is 5.73. The summed E-state index contributed by atoms with van der Waals surface area (Å²) in [6.45, 7) is 3.19. The highest BCUT2D eigenvalue weighted by atomic mass is 15.4. The molecule has 0 atom stereocenters. The Morgan fingerprint density at radius 1 is 0.441 bits per heavy atom. The first-order valence-electron chi connectivity index (χ1n) is 15.6. The minimum atomic E-state index is -0.00924. The third-order valence-corrected chi connectivity index (χ3v) is 7.13. The Morgan fingerprint density at radius 2 is 0.676 bits per heavy atom. The second-order valence-corrected chi connectivity index (χ2v) is 10.7. The van der Waals surface area contributed by atoms with Gasteiger partial charge in [-0.2, -0.15) is 0 Å². The van der Waals surface area contributed by atoms with Gasteiger partial charge in [0.15, 0.2) is 5.96 Å². The lowest BCUT2D eigenvalue weighted by molar-refractivity contribution is 0.512. The van der Waals surface area contributed by atoms with Gasteiger partial charge in [0.1, 0.15) is 0 Å². The first-order valence-corrected chi connectivity index (χ1v) is 15.6. The lowest BCUT2D eigenvalue weighted by atomic mass is 10.0. The second-order valence-electron chi connectivity index (χ2n) is 10.7. The molecule has 0 aromatic carbocycles. The molecule has 204 valence electrons. The molecule has 0 aromatic rings. The van der Waals surface area contributed by atoms with Crippen LogP contribution in [-0.4, -0.2) is 12.5 Å². The van der Waals surface area contributed by atoms with Crippen LogP contribution in [0.3, 0.4) is 0 Å². The first-order chi connectivity index (χ1) is 16.8. The zero-order valence-electron chi connectivity index (χ0n) is 23.4. The Kier molecular flexibility index (Phi) is 29.6. The van der Waals surface area contributed by atoms with E-state index in [1.165, 1.54) is 167 Å². The maximum Gasteiger partial charge on any atom is 0.200 e. The van der Waals surface area contributed by atoms with Gasteiger partial charge in [-0.1, -0.05) is 174 Å². The van der Waals surface area contributed by atoms with Crippen molar-refractivity contribution in [1.82, 2.24) is 10.9 Å². The van der Waals surface area contributed by atoms with Crippen LogP contribution in [0, 0.1) is 5.41 Å². The predicted molar refractivity (Wildman–Crippen MR) is 153 cm³/mol. The monoisotopic (exact) mass is 481 g/mol. The standard InChI is InChI=1S/C30H64N4/c1-2-3-4-5-6-7-8-9-10-11-12-13-14-15-16-17-18-19-20-21-22-23-24-25-26-27-28-29-33-34-30(31)32/h33H,2-29H2,1H3,(H4,31,32,34). The van der Waals surface area contributed by atoms with Crippen LogP contribution in [0.1, 0.15) is 180 Å². The van der Waals surface area contributed by atoms with Gasteiger partial charge < -0.3 is 5.73 Å². The maximum absolute atomic E-state index is 7.05. The average Bonchev–Trinajstić information content (AvgIpc) is 2.83. The highest BCUT2D eigenvalue weighted by Gasteiger charge is 1.96. The number of nitrogens with one attached hydrogen (secondary N) is 3. The molecule has 0 heterocycles. The largest absolute Gasteiger partial charge is 0.369 e. The van der Waals surface area contributed by atoms with Crippen LogP contribution in [0.2, 0.25) is 0 Å². The van der Waals surface area contributed by atoms with E-state index in [4.69, 9.17) is 11.1 Å². The van der Waals surface area contributed by atoms with E-state index < -0.39 is 0 Å². The number of unbranched alkanes of at least 4 members (excludes halogenated alkanes) is 26. The van der Waals surface area contributed by atoms with Crippen LogP contribution in [0.5, 0.6) is 0 Å². The molecule has 0 aliphatic heterocycles. The molecule has 0 amide bonds. The van der Waals surface area contributed by atoms with E-state index in [1.807, 2.05) is 0 Å². The van der Waals surface area contributed by atoms with Gasteiger partial charge in [-0.3, -0.25) is 10.8 Å². The smallest absolute Gasteiger partial charge is 0.200 e. The minimum absolute atomic E-state index is 0.00924. The Balaban J connectivity index is 3.01. The molecule has 4 nitrogen and oxygen atoms in total. The summed E-state index contributed by atoms with van der Waals surface area (Å²) in [4.78, 5) is 0. The van der Waals surface area contributed by atoms with E-state index in [-0.39, 0.29) is 5.96 Å². The summed E-state index contributed by atoms with van der Waals surface area (Å²) in [5.74, 6) is -0.00924. The molecule has 0 saturated carbocycles. The molecular formula is C30H64N4. The van der Waals surface area contributed by atoms with E-state index in [0.29, 0.717) is 0 Å². The summed E-state index contributed by atoms with van der Waals surface area (Å²) < 4.78 is 0. The lowest BCUT2D eigenvalue weighted by Crippen LogP contribution is -2.41. The Bertz CT molecular complexity index is 386. The van der Waals surface area contributed by atoms with E-state index in [1.54, 1.807) is 0 Å². The molecule has 0 saturated heterocycles. The zero-order valence-corrected chi connectivity index (χ0v) is 23.4. The summed E-state index contributed by atoms with van der Waals surface area (Å²) in [5, 5.41) is 7.05. The quantitative estimate of drug-likeness (QED) is 0.0372. The highest BCUT2D eigenvalue weighted by Crippen LogP contribution is 2.16. The zero-order chi connectivity index (χ0) is 24.8. The topological polar surface area (TPSA) is 73.9 Å². The lowest BCUT2D eigenvalue weighted by Gasteiger charge is -2.06. The molecule has 0 spiro atoms. The van der Waals surface area contributed by atoms with Crippen LogP contribution < -0.4 is 16.6 Å². The van der Waals surface area contributed by atoms with E-state index in [9.17, 15) is 0 Å². The van der Waals surface area contributed by atoms with Crippen molar-refractivity contribution < 1.29 is 0 Å². The van der Waals surface area contributed by atoms with Crippen molar-refractivity contribution >= 4 is 5.96 Å². The van der Waals surface area contributed by atoms with Gasteiger partial charge in [0.25, 0.3) is 0 Å². The molecule has 0 radical (unpaired) electrons. The van der Waals surface area contributed by atoms with Gasteiger partial charge in [-0.05, 0) is 6.42 Å². The fraction of sp³-hybridized carbons (Fsp3) is 0.967. The van der Waals surface area contributed by atoms with Gasteiger partial charge in [0.05, 0.1) is 0 Å². The number of hydrogen-bond donors (Lipinski definition) is 4. The van der Waals surface area contributed by atoms with E-state index in [2.05, 4.69) is 17.8 Å². The fourth-order valence-electron chi connectivity index (χ4n) is 4.86. The number of guanidine groups is 1. The number of hydrazine groups is 1. The predicted octanol–water partition coefficient (Wildman–Crippen LogP) is 9.53. The molecule has 5 N–H and O–H groups in total. The van der Waals surface area contributed by atoms with Crippen molar-refractivity contribution in [3.05, 3.63) is 0 Å². The van der Waals surface area contributed by atoms with E-state index in [0.717, 1.165) is 13.0 Å². The summed E-state index contributed by atoms with van der Waals surface area (Å²) in [5.41, 5.74) is 10.8. The molecule has 0 aliphatic rings. The molecule has 0 fully saturated rings. The molecule has 0 rings (SSSR count). The second kappa shape index (κ2) is 30.3. The van der Waals surface area contributed by atoms with Gasteiger partial charge in [0.2, 0.25) is 0 Å². The van der Waals surface area contributed by atoms with Crippen molar-refractivity contribution in [2.45, 2.75) is 180 Å². The summed E-state index contributed by atoms with van der Waals surface area (Å²) in [7, 11) is 0. The van der Waals surface area contributed by atoms with Gasteiger partial charge in [-0.15, -0.1) is 0 Å². The van der Waals surface area contributed by atoms with Gasteiger partial charge >= 0.3 is 0 Å². The van der Waals surface area contributed by atoms with Gasteiger partial charge in [-0.25, -0.2) is 5.43 Å². The van der Waals surface area contributed by atoms with Crippen LogP contribution in [0.25, 0.3) is 0 Å². The Hall–Kier alpha value is -0.770. The minimum Gasteiger partial charge on any atom is -0.369 e. The number of nitrogens with two attached hydrogens (primary N) is 1. The third kappa shape index (κ3) is 31.2. The van der Waals surface area contributed by atoms with Crippen LogP contribution in [0.15, 0.2) is 0 Å². The van der Waals surface area contributed by atoms with E-state index >= 15 is 0 Å². The number of rotatable bonds is 29. The average molecular weight is 481 g/mol. The van der Waals surface area contributed by atoms with Crippen molar-refractivity contribution in [3.63, 3.8) is 0 Å².